The van der Waals surface area contributed by atoms with Crippen LogP contribution in [0.2, 0.25) is 0 Å². The topological polar surface area (TPSA) is 46.2 Å². The van der Waals surface area contributed by atoms with Gasteiger partial charge in [-0.05, 0) is 53.6 Å². The van der Waals surface area contributed by atoms with Gasteiger partial charge in [0.05, 0.1) is 0 Å². The van der Waals surface area contributed by atoms with Crippen molar-refractivity contribution in [2.24, 2.45) is 0 Å². The lowest BCUT2D eigenvalue weighted by atomic mass is 9.93. The second kappa shape index (κ2) is 4.96. The molecule has 1 aliphatic carbocycles. The second-order valence-corrected chi connectivity index (χ2v) is 5.37. The number of nitrogens with two attached hydrogens (primary N) is 1. The zero-order valence-electron chi connectivity index (χ0n) is 11.0. The summed E-state index contributed by atoms with van der Waals surface area (Å²) in [5.41, 5.74) is 10.6. The molecule has 0 atom stereocenters. The van der Waals surface area contributed by atoms with E-state index in [-0.39, 0.29) is 0 Å². The predicted molar refractivity (Wildman–Crippen MR) is 79.2 cm³/mol. The average molecular weight is 253 g/mol. The standard InChI is InChI=1S/C17H19NO/c18-17-11-14(12-5-8-15(19)9-6-12)7-10-16(17)13-3-1-2-4-13/h5-11,13,19H,1-4,18H2. The van der Waals surface area contributed by atoms with Crippen molar-refractivity contribution in [2.45, 2.75) is 31.6 Å². The van der Waals surface area contributed by atoms with Crippen LogP contribution in [-0.2, 0) is 0 Å². The summed E-state index contributed by atoms with van der Waals surface area (Å²) in [6, 6.07) is 13.6. The zero-order chi connectivity index (χ0) is 13.2. The fourth-order valence-electron chi connectivity index (χ4n) is 3.02. The highest BCUT2D eigenvalue weighted by Gasteiger charge is 2.19. The smallest absolute Gasteiger partial charge is 0.115 e. The highest BCUT2D eigenvalue weighted by molar-refractivity contribution is 5.69. The number of hydrogen-bond acceptors (Lipinski definition) is 2. The van der Waals surface area contributed by atoms with Crippen LogP contribution in [0.3, 0.4) is 0 Å². The fourth-order valence-corrected chi connectivity index (χ4v) is 3.02. The van der Waals surface area contributed by atoms with Gasteiger partial charge in [0.1, 0.15) is 5.75 Å². The Balaban J connectivity index is 1.92. The molecule has 0 radical (unpaired) electrons. The Bertz CT molecular complexity index is 568. The molecule has 0 heterocycles. The number of hydrogen-bond donors (Lipinski definition) is 2. The molecule has 1 aliphatic rings. The van der Waals surface area contributed by atoms with Crippen LogP contribution < -0.4 is 5.73 Å². The van der Waals surface area contributed by atoms with Crippen LogP contribution >= 0.6 is 0 Å². The van der Waals surface area contributed by atoms with Gasteiger partial charge in [0, 0.05) is 5.69 Å². The Hall–Kier alpha value is -1.96. The highest BCUT2D eigenvalue weighted by atomic mass is 16.3. The molecule has 0 unspecified atom stereocenters. The number of aromatic hydroxyl groups is 1. The van der Waals surface area contributed by atoms with E-state index in [1.54, 1.807) is 12.1 Å². The van der Waals surface area contributed by atoms with Gasteiger partial charge >= 0.3 is 0 Å². The number of nitrogen functional groups attached to an aromatic ring is 1. The Morgan fingerprint density at radius 2 is 1.53 bits per heavy atom. The molecule has 0 aromatic heterocycles. The molecule has 19 heavy (non-hydrogen) atoms. The van der Waals surface area contributed by atoms with Gasteiger partial charge in [0.15, 0.2) is 0 Å². The van der Waals surface area contributed by atoms with Crippen LogP contribution in [0.4, 0.5) is 5.69 Å². The molecule has 98 valence electrons. The molecule has 2 nitrogen and oxygen atoms in total. The number of phenolic OH excluding ortho intramolecular Hbond substituents is 1. The minimum absolute atomic E-state index is 0.291. The molecular formula is C17H19NO. The van der Waals surface area contributed by atoms with Crippen LogP contribution in [0.1, 0.15) is 37.2 Å². The van der Waals surface area contributed by atoms with Crippen LogP contribution in [0.15, 0.2) is 42.5 Å². The molecule has 1 fully saturated rings. The van der Waals surface area contributed by atoms with Gasteiger partial charge in [-0.3, -0.25) is 0 Å². The molecule has 2 aromatic carbocycles. The number of phenols is 1. The fraction of sp³-hybridized carbons (Fsp3) is 0.294. The van der Waals surface area contributed by atoms with E-state index in [9.17, 15) is 5.11 Å². The third-order valence-corrected chi connectivity index (χ3v) is 4.08. The lowest BCUT2D eigenvalue weighted by Gasteiger charge is -2.14. The summed E-state index contributed by atoms with van der Waals surface area (Å²) >= 11 is 0. The molecular weight excluding hydrogens is 234 g/mol. The van der Waals surface area contributed by atoms with Crippen molar-refractivity contribution in [1.29, 1.82) is 0 Å². The minimum Gasteiger partial charge on any atom is -0.508 e. The first-order chi connectivity index (χ1) is 9.24. The van der Waals surface area contributed by atoms with Crippen molar-refractivity contribution < 1.29 is 5.11 Å². The molecule has 0 spiro atoms. The summed E-state index contributed by atoms with van der Waals surface area (Å²) in [5.74, 6) is 0.938. The van der Waals surface area contributed by atoms with Crippen molar-refractivity contribution in [3.8, 4) is 16.9 Å². The van der Waals surface area contributed by atoms with E-state index in [1.165, 1.54) is 31.2 Å². The molecule has 2 heteroatoms. The van der Waals surface area contributed by atoms with E-state index in [0.717, 1.165) is 16.8 Å². The Morgan fingerprint density at radius 1 is 0.895 bits per heavy atom. The maximum atomic E-state index is 9.32. The summed E-state index contributed by atoms with van der Waals surface area (Å²) in [6.45, 7) is 0. The van der Waals surface area contributed by atoms with Gasteiger partial charge in [-0.15, -0.1) is 0 Å². The van der Waals surface area contributed by atoms with E-state index >= 15 is 0 Å². The summed E-state index contributed by atoms with van der Waals surface area (Å²) in [6.07, 6.45) is 5.18. The van der Waals surface area contributed by atoms with Gasteiger partial charge < -0.3 is 10.8 Å². The Labute approximate surface area is 113 Å². The lowest BCUT2D eigenvalue weighted by molar-refractivity contribution is 0.475. The first-order valence-corrected chi connectivity index (χ1v) is 6.93. The summed E-state index contributed by atoms with van der Waals surface area (Å²) in [7, 11) is 0. The van der Waals surface area contributed by atoms with Crippen molar-refractivity contribution in [2.75, 3.05) is 5.73 Å². The highest BCUT2D eigenvalue weighted by Crippen LogP contribution is 2.38. The average Bonchev–Trinajstić information content (AvgIpc) is 2.93. The first-order valence-electron chi connectivity index (χ1n) is 6.93. The number of anilines is 1. The summed E-state index contributed by atoms with van der Waals surface area (Å²) < 4.78 is 0. The van der Waals surface area contributed by atoms with Crippen LogP contribution in [0.25, 0.3) is 11.1 Å². The molecule has 0 aliphatic heterocycles. The van der Waals surface area contributed by atoms with E-state index < -0.39 is 0 Å². The quantitative estimate of drug-likeness (QED) is 0.784. The van der Waals surface area contributed by atoms with E-state index in [1.807, 2.05) is 12.1 Å². The number of benzene rings is 2. The van der Waals surface area contributed by atoms with E-state index in [0.29, 0.717) is 11.7 Å². The second-order valence-electron chi connectivity index (χ2n) is 5.37. The molecule has 1 saturated carbocycles. The van der Waals surface area contributed by atoms with Crippen molar-refractivity contribution in [3.63, 3.8) is 0 Å². The summed E-state index contributed by atoms with van der Waals surface area (Å²) in [5, 5.41) is 9.32. The van der Waals surface area contributed by atoms with Gasteiger partial charge in [0.25, 0.3) is 0 Å². The molecule has 3 rings (SSSR count). The first kappa shape index (κ1) is 12.1. The van der Waals surface area contributed by atoms with Gasteiger partial charge in [0.2, 0.25) is 0 Å². The monoisotopic (exact) mass is 253 g/mol. The van der Waals surface area contributed by atoms with Crippen molar-refractivity contribution in [1.82, 2.24) is 0 Å². The molecule has 0 amide bonds. The molecule has 2 aromatic rings. The minimum atomic E-state index is 0.291. The molecule has 0 saturated heterocycles. The maximum absolute atomic E-state index is 9.32. The summed E-state index contributed by atoms with van der Waals surface area (Å²) in [4.78, 5) is 0. The van der Waals surface area contributed by atoms with Crippen molar-refractivity contribution in [3.05, 3.63) is 48.0 Å². The van der Waals surface area contributed by atoms with Gasteiger partial charge in [-0.1, -0.05) is 37.1 Å². The maximum Gasteiger partial charge on any atom is 0.115 e. The Kier molecular flexibility index (Phi) is 3.16. The third kappa shape index (κ3) is 2.43. The molecule has 0 bridgehead atoms. The Morgan fingerprint density at radius 3 is 2.16 bits per heavy atom. The van der Waals surface area contributed by atoms with Crippen molar-refractivity contribution >= 4 is 5.69 Å². The normalized spacial score (nSPS) is 15.8. The third-order valence-electron chi connectivity index (χ3n) is 4.08. The number of rotatable bonds is 2. The predicted octanol–water partition coefficient (Wildman–Crippen LogP) is 4.30. The lowest BCUT2D eigenvalue weighted by Crippen LogP contribution is -1.99. The zero-order valence-corrected chi connectivity index (χ0v) is 11.0. The van der Waals surface area contributed by atoms with Crippen LogP contribution in [0.5, 0.6) is 5.75 Å². The van der Waals surface area contributed by atoms with Gasteiger partial charge in [-0.2, -0.15) is 0 Å². The van der Waals surface area contributed by atoms with Crippen LogP contribution in [0, 0.1) is 0 Å². The van der Waals surface area contributed by atoms with Crippen LogP contribution in [-0.4, -0.2) is 5.11 Å². The van der Waals surface area contributed by atoms with E-state index in [2.05, 4.69) is 18.2 Å². The largest absolute Gasteiger partial charge is 0.508 e. The van der Waals surface area contributed by atoms with E-state index in [4.69, 9.17) is 5.73 Å². The van der Waals surface area contributed by atoms with Gasteiger partial charge in [-0.25, -0.2) is 0 Å². The molecule has 3 N–H and O–H groups in total. The SMILES string of the molecule is Nc1cc(-c2ccc(O)cc2)ccc1C1CCCC1.